The van der Waals surface area contributed by atoms with Crippen molar-refractivity contribution in [2.24, 2.45) is 5.84 Å². The average Bonchev–Trinajstić information content (AvgIpc) is 2.45. The van der Waals surface area contributed by atoms with Gasteiger partial charge in [0.1, 0.15) is 11.6 Å². The molecule has 5 heteroatoms. The lowest BCUT2D eigenvalue weighted by molar-refractivity contribution is 0.495. The number of hydrogen-bond acceptors (Lipinski definition) is 2. The number of hydrogen-bond donors (Lipinski definition) is 2. The van der Waals surface area contributed by atoms with Crippen molar-refractivity contribution in [2.45, 2.75) is 26.3 Å². The minimum atomic E-state index is -0.582. The lowest BCUT2D eigenvalue weighted by Crippen LogP contribution is -2.31. The Hall–Kier alpha value is -1.30. The molecular formula is C16H17BrF2N2. The van der Waals surface area contributed by atoms with E-state index in [0.717, 1.165) is 16.7 Å². The maximum Gasteiger partial charge on any atom is 0.143 e. The van der Waals surface area contributed by atoms with Gasteiger partial charge in [-0.3, -0.25) is 11.3 Å². The van der Waals surface area contributed by atoms with Crippen LogP contribution in [0.2, 0.25) is 0 Å². The van der Waals surface area contributed by atoms with Crippen LogP contribution in [-0.2, 0) is 6.42 Å². The molecular weight excluding hydrogens is 338 g/mol. The first kappa shape index (κ1) is 16.1. The Balaban J connectivity index is 2.43. The average molecular weight is 355 g/mol. The van der Waals surface area contributed by atoms with Crippen LogP contribution in [0.4, 0.5) is 8.78 Å². The van der Waals surface area contributed by atoms with E-state index >= 15 is 0 Å². The summed E-state index contributed by atoms with van der Waals surface area (Å²) in [5.41, 5.74) is 5.74. The molecule has 0 radical (unpaired) electrons. The molecule has 2 aromatic carbocycles. The molecule has 2 rings (SSSR count). The zero-order chi connectivity index (χ0) is 15.6. The Bertz CT molecular complexity index is 639. The van der Waals surface area contributed by atoms with E-state index in [1.165, 1.54) is 12.1 Å². The second-order valence-electron chi connectivity index (χ2n) is 5.05. The summed E-state index contributed by atoms with van der Waals surface area (Å²) < 4.78 is 28.3. The van der Waals surface area contributed by atoms with Crippen molar-refractivity contribution in [2.75, 3.05) is 0 Å². The third kappa shape index (κ3) is 3.31. The van der Waals surface area contributed by atoms with Crippen molar-refractivity contribution in [3.05, 3.63) is 68.7 Å². The molecule has 0 saturated heterocycles. The lowest BCUT2D eigenvalue weighted by atomic mass is 9.92. The molecule has 0 aromatic heterocycles. The molecule has 0 amide bonds. The third-order valence-electron chi connectivity index (χ3n) is 3.64. The number of benzene rings is 2. The molecule has 0 spiro atoms. The highest BCUT2D eigenvalue weighted by Gasteiger charge is 2.20. The van der Waals surface area contributed by atoms with E-state index in [-0.39, 0.29) is 22.5 Å². The van der Waals surface area contributed by atoms with Crippen molar-refractivity contribution in [3.8, 4) is 0 Å². The molecule has 0 aliphatic heterocycles. The molecule has 3 N–H and O–H groups in total. The molecule has 0 fully saturated rings. The zero-order valence-electron chi connectivity index (χ0n) is 11.9. The van der Waals surface area contributed by atoms with Crippen molar-refractivity contribution in [1.29, 1.82) is 0 Å². The number of rotatable bonds is 4. The molecule has 0 aliphatic carbocycles. The van der Waals surface area contributed by atoms with E-state index in [1.54, 1.807) is 0 Å². The summed E-state index contributed by atoms with van der Waals surface area (Å²) in [4.78, 5) is 0. The fraction of sp³-hybridized carbons (Fsp3) is 0.250. The number of aryl methyl sites for hydroxylation is 2. The van der Waals surface area contributed by atoms with Crippen LogP contribution in [0, 0.1) is 25.5 Å². The number of halogens is 3. The highest BCUT2D eigenvalue weighted by Crippen LogP contribution is 2.29. The Morgan fingerprint density at radius 1 is 1.14 bits per heavy atom. The van der Waals surface area contributed by atoms with Crippen LogP contribution >= 0.6 is 15.9 Å². The molecule has 0 aliphatic rings. The van der Waals surface area contributed by atoms with Gasteiger partial charge < -0.3 is 0 Å². The van der Waals surface area contributed by atoms with Gasteiger partial charge in [-0.05, 0) is 65.0 Å². The summed E-state index contributed by atoms with van der Waals surface area (Å²) in [6.07, 6.45) is 0.138. The topological polar surface area (TPSA) is 38.0 Å². The van der Waals surface area contributed by atoms with Gasteiger partial charge in [0.25, 0.3) is 0 Å². The van der Waals surface area contributed by atoms with E-state index in [1.807, 2.05) is 32.0 Å². The first-order valence-electron chi connectivity index (χ1n) is 6.60. The van der Waals surface area contributed by atoms with Crippen molar-refractivity contribution >= 4 is 15.9 Å². The van der Waals surface area contributed by atoms with Gasteiger partial charge in [-0.2, -0.15) is 0 Å². The van der Waals surface area contributed by atoms with Crippen molar-refractivity contribution < 1.29 is 8.78 Å². The van der Waals surface area contributed by atoms with E-state index in [4.69, 9.17) is 5.84 Å². The molecule has 0 saturated carbocycles. The maximum absolute atomic E-state index is 14.1. The van der Waals surface area contributed by atoms with Crippen LogP contribution in [-0.4, -0.2) is 0 Å². The van der Waals surface area contributed by atoms with Crippen LogP contribution in [0.25, 0.3) is 0 Å². The molecule has 1 atom stereocenters. The predicted octanol–water partition coefficient (Wildman–Crippen LogP) is 4.09. The predicted molar refractivity (Wildman–Crippen MR) is 83.7 cm³/mol. The molecule has 1 unspecified atom stereocenters. The fourth-order valence-corrected chi connectivity index (χ4v) is 2.95. The monoisotopic (exact) mass is 354 g/mol. The summed E-state index contributed by atoms with van der Waals surface area (Å²) in [7, 11) is 0. The molecule has 0 heterocycles. The van der Waals surface area contributed by atoms with Crippen molar-refractivity contribution in [1.82, 2.24) is 5.43 Å². The molecule has 0 bridgehead atoms. The van der Waals surface area contributed by atoms with Gasteiger partial charge >= 0.3 is 0 Å². The smallest absolute Gasteiger partial charge is 0.143 e. The van der Waals surface area contributed by atoms with Crippen molar-refractivity contribution in [3.63, 3.8) is 0 Å². The van der Waals surface area contributed by atoms with Crippen LogP contribution in [0.15, 0.2) is 34.8 Å². The first-order valence-corrected chi connectivity index (χ1v) is 7.39. The summed E-state index contributed by atoms with van der Waals surface area (Å²) in [5, 5.41) is 0. The number of nitrogens with two attached hydrogens (primary N) is 1. The van der Waals surface area contributed by atoms with E-state index in [0.29, 0.717) is 0 Å². The van der Waals surface area contributed by atoms with E-state index < -0.39 is 11.6 Å². The zero-order valence-corrected chi connectivity index (χ0v) is 13.5. The van der Waals surface area contributed by atoms with Crippen LogP contribution in [0.5, 0.6) is 0 Å². The van der Waals surface area contributed by atoms with Gasteiger partial charge in [-0.1, -0.05) is 18.2 Å². The number of hydrazine groups is 1. The summed E-state index contributed by atoms with van der Waals surface area (Å²) >= 11 is 3.08. The van der Waals surface area contributed by atoms with E-state index in [2.05, 4.69) is 21.4 Å². The Labute approximate surface area is 131 Å². The second-order valence-corrected chi connectivity index (χ2v) is 5.90. The summed E-state index contributed by atoms with van der Waals surface area (Å²) in [6, 6.07) is 8.12. The standard InChI is InChI=1S/C16H17BrF2N2/c1-9-4-3-5-10(2)15(9)14(21-20)8-11-13(18)7-6-12(17)16(11)19/h3-7,14,21H,8,20H2,1-2H3. The van der Waals surface area contributed by atoms with Crippen LogP contribution in [0.1, 0.15) is 28.3 Å². The molecule has 2 nitrogen and oxygen atoms in total. The Kier molecular flexibility index (Phi) is 5.08. The van der Waals surface area contributed by atoms with Gasteiger partial charge in [0, 0.05) is 5.56 Å². The largest absolute Gasteiger partial charge is 0.271 e. The highest BCUT2D eigenvalue weighted by atomic mass is 79.9. The first-order chi connectivity index (χ1) is 9.95. The minimum absolute atomic E-state index is 0.0231. The van der Waals surface area contributed by atoms with Crippen LogP contribution < -0.4 is 11.3 Å². The highest BCUT2D eigenvalue weighted by molar-refractivity contribution is 9.10. The van der Waals surface area contributed by atoms with Crippen LogP contribution in [0.3, 0.4) is 0 Å². The van der Waals surface area contributed by atoms with Gasteiger partial charge in [-0.15, -0.1) is 0 Å². The Morgan fingerprint density at radius 3 is 2.33 bits per heavy atom. The van der Waals surface area contributed by atoms with E-state index in [9.17, 15) is 8.78 Å². The van der Waals surface area contributed by atoms with Gasteiger partial charge in [0.2, 0.25) is 0 Å². The summed E-state index contributed by atoms with van der Waals surface area (Å²) in [6.45, 7) is 3.92. The van der Waals surface area contributed by atoms with Gasteiger partial charge in [-0.25, -0.2) is 8.78 Å². The Morgan fingerprint density at radius 2 is 1.76 bits per heavy atom. The molecule has 112 valence electrons. The van der Waals surface area contributed by atoms with Gasteiger partial charge in [0.05, 0.1) is 10.5 Å². The number of nitrogens with one attached hydrogen (secondary N) is 1. The maximum atomic E-state index is 14.1. The minimum Gasteiger partial charge on any atom is -0.271 e. The lowest BCUT2D eigenvalue weighted by Gasteiger charge is -2.21. The normalized spacial score (nSPS) is 12.5. The SMILES string of the molecule is Cc1cccc(C)c1C(Cc1c(F)ccc(Br)c1F)NN. The summed E-state index contributed by atoms with van der Waals surface area (Å²) in [5.74, 6) is 4.47. The fourth-order valence-electron chi connectivity index (χ4n) is 2.58. The quantitative estimate of drug-likeness (QED) is 0.493. The second kappa shape index (κ2) is 6.64. The molecule has 2 aromatic rings. The molecule has 21 heavy (non-hydrogen) atoms. The van der Waals surface area contributed by atoms with Gasteiger partial charge in [0.15, 0.2) is 0 Å². The third-order valence-corrected chi connectivity index (χ3v) is 4.25.